The van der Waals surface area contributed by atoms with Gasteiger partial charge in [0.25, 0.3) is 0 Å². The molecular weight excluding hydrogens is 436 g/mol. The summed E-state index contributed by atoms with van der Waals surface area (Å²) >= 11 is 5.74. The Bertz CT molecular complexity index is 1300. The first-order chi connectivity index (χ1) is 16.0. The van der Waals surface area contributed by atoms with Crippen molar-refractivity contribution in [2.45, 2.75) is 12.1 Å². The molecule has 0 aliphatic carbocycles. The number of nitrogens with zero attached hydrogens (tertiary/aromatic N) is 3. The van der Waals surface area contributed by atoms with Crippen LogP contribution in [-0.4, -0.2) is 30.8 Å². The molecule has 1 saturated heterocycles. The van der Waals surface area contributed by atoms with Crippen LogP contribution in [0.1, 0.15) is 33.8 Å². The predicted octanol–water partition coefficient (Wildman–Crippen LogP) is 4.45. The summed E-state index contributed by atoms with van der Waals surface area (Å²) in [5.41, 5.74) is 3.70. The molecule has 2 aromatic carbocycles. The number of aromatic hydroxyl groups is 1. The van der Waals surface area contributed by atoms with Crippen molar-refractivity contribution in [3.63, 3.8) is 0 Å². The highest BCUT2D eigenvalue weighted by atomic mass is 32.1. The van der Waals surface area contributed by atoms with E-state index in [0.717, 1.165) is 22.8 Å². The number of pyridine rings is 1. The quantitative estimate of drug-likeness (QED) is 0.382. The SMILES string of the molecule is O=C(O)c1ccc(-n2cccc2[C@H]2[C@@H](c3ccccn3)NC(=S)N2c2ccc(O)cc2)cc1. The van der Waals surface area contributed by atoms with E-state index in [1.165, 1.54) is 0 Å². The van der Waals surface area contributed by atoms with Gasteiger partial charge in [0.15, 0.2) is 5.11 Å². The Kier molecular flexibility index (Phi) is 5.27. The number of carboxylic acids is 1. The molecule has 0 spiro atoms. The standard InChI is InChI=1S/C25H20N4O3S/c30-19-12-10-18(11-13-19)29-23(22(27-25(29)33)20-4-1-2-14-26-20)21-5-3-15-28(21)17-8-6-16(7-9-17)24(31)32/h1-15,22-23,30H,(H,27,33)(H,31,32)/t22-,23+/m1/s1. The fourth-order valence-corrected chi connectivity index (χ4v) is 4.53. The molecule has 1 fully saturated rings. The van der Waals surface area contributed by atoms with Crippen molar-refractivity contribution in [1.82, 2.24) is 14.9 Å². The summed E-state index contributed by atoms with van der Waals surface area (Å²) in [5, 5.41) is 23.0. The fraction of sp³-hybridized carbons (Fsp3) is 0.0800. The Morgan fingerprint density at radius 2 is 1.67 bits per heavy atom. The van der Waals surface area contributed by atoms with Crippen LogP contribution in [0, 0.1) is 0 Å². The number of carboxylic acid groups (broad SMARTS) is 1. The number of rotatable bonds is 5. The van der Waals surface area contributed by atoms with Crippen LogP contribution in [0.5, 0.6) is 5.75 Å². The van der Waals surface area contributed by atoms with Crippen molar-refractivity contribution >= 4 is 29.0 Å². The van der Waals surface area contributed by atoms with E-state index in [2.05, 4.69) is 10.3 Å². The minimum Gasteiger partial charge on any atom is -0.508 e. The second-order valence-corrected chi connectivity index (χ2v) is 8.05. The van der Waals surface area contributed by atoms with Crippen LogP contribution in [-0.2, 0) is 0 Å². The third-order valence-corrected chi connectivity index (χ3v) is 6.02. The molecule has 5 rings (SSSR count). The van der Waals surface area contributed by atoms with E-state index in [1.807, 2.05) is 58.1 Å². The van der Waals surface area contributed by atoms with Gasteiger partial charge in [0.1, 0.15) is 11.8 Å². The summed E-state index contributed by atoms with van der Waals surface area (Å²) in [5.74, 6) is -0.787. The maximum atomic E-state index is 11.3. The lowest BCUT2D eigenvalue weighted by atomic mass is 10.0. The molecule has 4 aromatic rings. The molecule has 2 aromatic heterocycles. The summed E-state index contributed by atoms with van der Waals surface area (Å²) < 4.78 is 2.02. The summed E-state index contributed by atoms with van der Waals surface area (Å²) in [6, 6.07) is 22.9. The Balaban J connectivity index is 1.63. The van der Waals surface area contributed by atoms with Crippen LogP contribution >= 0.6 is 12.2 Å². The zero-order valence-electron chi connectivity index (χ0n) is 17.4. The highest BCUT2D eigenvalue weighted by Crippen LogP contribution is 2.42. The summed E-state index contributed by atoms with van der Waals surface area (Å²) in [7, 11) is 0. The highest BCUT2D eigenvalue weighted by Gasteiger charge is 2.42. The number of anilines is 1. The highest BCUT2D eigenvalue weighted by molar-refractivity contribution is 7.80. The van der Waals surface area contributed by atoms with Crippen LogP contribution in [0.25, 0.3) is 5.69 Å². The third kappa shape index (κ3) is 3.81. The van der Waals surface area contributed by atoms with E-state index in [1.54, 1.807) is 42.6 Å². The number of aromatic nitrogens is 2. The lowest BCUT2D eigenvalue weighted by molar-refractivity contribution is 0.0697. The van der Waals surface area contributed by atoms with Gasteiger partial charge in [-0.2, -0.15) is 0 Å². The maximum absolute atomic E-state index is 11.3. The van der Waals surface area contributed by atoms with Gasteiger partial charge in [-0.3, -0.25) is 4.98 Å². The molecule has 8 heteroatoms. The van der Waals surface area contributed by atoms with Crippen molar-refractivity contribution in [3.05, 3.63) is 108 Å². The van der Waals surface area contributed by atoms with Crippen molar-refractivity contribution in [1.29, 1.82) is 0 Å². The van der Waals surface area contributed by atoms with Gasteiger partial charge < -0.3 is 25.0 Å². The van der Waals surface area contributed by atoms with E-state index >= 15 is 0 Å². The number of phenols is 1. The normalized spacial score (nSPS) is 17.7. The van der Waals surface area contributed by atoms with Gasteiger partial charge in [-0.25, -0.2) is 4.79 Å². The molecule has 0 amide bonds. The number of benzene rings is 2. The largest absolute Gasteiger partial charge is 0.508 e. The van der Waals surface area contributed by atoms with E-state index in [4.69, 9.17) is 12.2 Å². The van der Waals surface area contributed by atoms with E-state index in [-0.39, 0.29) is 23.4 Å². The Hall–Kier alpha value is -4.17. The molecule has 0 saturated carbocycles. The lowest BCUT2D eigenvalue weighted by Crippen LogP contribution is -2.30. The number of nitrogens with one attached hydrogen (secondary N) is 1. The average molecular weight is 457 g/mol. The molecule has 2 atom stereocenters. The molecule has 3 heterocycles. The zero-order chi connectivity index (χ0) is 22.9. The fourth-order valence-electron chi connectivity index (χ4n) is 4.18. The van der Waals surface area contributed by atoms with E-state index in [0.29, 0.717) is 5.11 Å². The smallest absolute Gasteiger partial charge is 0.335 e. The second kappa shape index (κ2) is 8.40. The first-order valence-corrected chi connectivity index (χ1v) is 10.7. The Morgan fingerprint density at radius 1 is 0.939 bits per heavy atom. The van der Waals surface area contributed by atoms with Crippen molar-refractivity contribution < 1.29 is 15.0 Å². The van der Waals surface area contributed by atoms with E-state index in [9.17, 15) is 15.0 Å². The zero-order valence-corrected chi connectivity index (χ0v) is 18.2. The van der Waals surface area contributed by atoms with Crippen LogP contribution in [0.2, 0.25) is 0 Å². The Labute approximate surface area is 195 Å². The van der Waals surface area contributed by atoms with Gasteiger partial charge in [-0.05, 0) is 85.0 Å². The van der Waals surface area contributed by atoms with Gasteiger partial charge in [0.2, 0.25) is 0 Å². The number of hydrogen-bond donors (Lipinski definition) is 3. The average Bonchev–Trinajstić information content (AvgIpc) is 3.44. The van der Waals surface area contributed by atoms with Crippen LogP contribution < -0.4 is 10.2 Å². The summed E-state index contributed by atoms with van der Waals surface area (Å²) in [6.07, 6.45) is 3.70. The summed E-state index contributed by atoms with van der Waals surface area (Å²) in [6.45, 7) is 0. The van der Waals surface area contributed by atoms with Gasteiger partial charge >= 0.3 is 5.97 Å². The van der Waals surface area contributed by atoms with Gasteiger partial charge in [-0.15, -0.1) is 0 Å². The molecule has 0 radical (unpaired) electrons. The number of hydrogen-bond acceptors (Lipinski definition) is 4. The summed E-state index contributed by atoms with van der Waals surface area (Å²) in [4.78, 5) is 17.9. The van der Waals surface area contributed by atoms with Crippen molar-refractivity contribution in [3.8, 4) is 11.4 Å². The van der Waals surface area contributed by atoms with Gasteiger partial charge in [0, 0.05) is 29.5 Å². The van der Waals surface area contributed by atoms with Crippen molar-refractivity contribution in [2.75, 3.05) is 4.90 Å². The van der Waals surface area contributed by atoms with E-state index < -0.39 is 5.97 Å². The number of aromatic carboxylic acids is 1. The minimum atomic E-state index is -0.964. The molecule has 1 aliphatic heterocycles. The first kappa shape index (κ1) is 20.7. The molecule has 164 valence electrons. The predicted molar refractivity (Wildman–Crippen MR) is 129 cm³/mol. The van der Waals surface area contributed by atoms with Crippen molar-refractivity contribution in [2.24, 2.45) is 0 Å². The van der Waals surface area contributed by atoms with Gasteiger partial charge in [-0.1, -0.05) is 6.07 Å². The molecular formula is C25H20N4O3S. The number of phenolic OH excluding ortho intramolecular Hbond substituents is 1. The van der Waals surface area contributed by atoms with Crippen LogP contribution in [0.4, 0.5) is 5.69 Å². The topological polar surface area (TPSA) is 90.6 Å². The minimum absolute atomic E-state index is 0.177. The first-order valence-electron chi connectivity index (χ1n) is 10.3. The monoisotopic (exact) mass is 456 g/mol. The molecule has 1 aliphatic rings. The third-order valence-electron chi connectivity index (χ3n) is 5.70. The maximum Gasteiger partial charge on any atom is 0.335 e. The molecule has 0 bridgehead atoms. The molecule has 7 nitrogen and oxygen atoms in total. The molecule has 33 heavy (non-hydrogen) atoms. The lowest BCUT2D eigenvalue weighted by Gasteiger charge is -2.29. The number of carbonyl (C=O) groups is 1. The Morgan fingerprint density at radius 3 is 2.33 bits per heavy atom. The number of thiocarbonyl (C=S) groups is 1. The second-order valence-electron chi connectivity index (χ2n) is 7.67. The van der Waals surface area contributed by atoms with Crippen LogP contribution in [0.15, 0.2) is 91.3 Å². The molecule has 3 N–H and O–H groups in total. The van der Waals surface area contributed by atoms with Crippen LogP contribution in [0.3, 0.4) is 0 Å². The van der Waals surface area contributed by atoms with Gasteiger partial charge in [0.05, 0.1) is 17.3 Å². The molecule has 0 unspecified atom stereocenters.